The highest BCUT2D eigenvalue weighted by Gasteiger charge is 2.45. The lowest BCUT2D eigenvalue weighted by molar-refractivity contribution is -0.118. The van der Waals surface area contributed by atoms with Gasteiger partial charge in [0.1, 0.15) is 0 Å². The van der Waals surface area contributed by atoms with Crippen molar-refractivity contribution in [1.29, 1.82) is 0 Å². The molecular formula is C21H20N4O2S. The van der Waals surface area contributed by atoms with Crippen molar-refractivity contribution in [3.05, 3.63) is 64.9 Å². The van der Waals surface area contributed by atoms with Gasteiger partial charge < -0.3 is 22.1 Å². The lowest BCUT2D eigenvalue weighted by Crippen LogP contribution is -2.37. The molecule has 2 aromatic carbocycles. The lowest BCUT2D eigenvalue weighted by Gasteiger charge is -2.12. The first-order valence-electron chi connectivity index (χ1n) is 8.88. The van der Waals surface area contributed by atoms with Gasteiger partial charge in [-0.2, -0.15) is 11.3 Å². The SMILES string of the molecule is Nc1ccc(-c2ccsc2)cc1NC(=O)c1ccc(NC(=O)C2(N)CC2)cc1. The number of nitrogens with two attached hydrogens (primary N) is 2. The maximum absolute atomic E-state index is 12.6. The normalized spacial score (nSPS) is 14.3. The zero-order valence-electron chi connectivity index (χ0n) is 15.1. The monoisotopic (exact) mass is 392 g/mol. The molecule has 6 nitrogen and oxygen atoms in total. The largest absolute Gasteiger partial charge is 0.397 e. The number of nitrogens with one attached hydrogen (secondary N) is 2. The summed E-state index contributed by atoms with van der Waals surface area (Å²) in [6.07, 6.45) is 1.40. The van der Waals surface area contributed by atoms with E-state index in [0.29, 0.717) is 35.5 Å². The first kappa shape index (κ1) is 18.2. The number of carbonyl (C=O) groups is 2. The van der Waals surface area contributed by atoms with Crippen LogP contribution in [0.4, 0.5) is 17.1 Å². The van der Waals surface area contributed by atoms with Crippen LogP contribution in [0.1, 0.15) is 23.2 Å². The van der Waals surface area contributed by atoms with E-state index in [9.17, 15) is 9.59 Å². The molecular weight excluding hydrogens is 372 g/mol. The molecule has 2 amide bonds. The topological polar surface area (TPSA) is 110 Å². The first-order valence-corrected chi connectivity index (χ1v) is 9.83. The zero-order valence-corrected chi connectivity index (χ0v) is 15.9. The van der Waals surface area contributed by atoms with Crippen molar-refractivity contribution in [2.24, 2.45) is 5.73 Å². The van der Waals surface area contributed by atoms with E-state index < -0.39 is 5.54 Å². The quantitative estimate of drug-likeness (QED) is 0.496. The molecule has 1 saturated carbocycles. The van der Waals surface area contributed by atoms with Crippen LogP contribution in [0.25, 0.3) is 11.1 Å². The van der Waals surface area contributed by atoms with Crippen molar-refractivity contribution in [3.63, 3.8) is 0 Å². The number of amides is 2. The average Bonchev–Trinajstić information content (AvgIpc) is 3.22. The summed E-state index contributed by atoms with van der Waals surface area (Å²) in [5, 5.41) is 9.67. The molecule has 1 heterocycles. The third-order valence-corrected chi connectivity index (χ3v) is 5.49. The lowest BCUT2D eigenvalue weighted by atomic mass is 10.1. The van der Waals surface area contributed by atoms with Crippen LogP contribution in [0.3, 0.4) is 0 Å². The molecule has 0 aliphatic heterocycles. The zero-order chi connectivity index (χ0) is 19.7. The average molecular weight is 392 g/mol. The Labute approximate surface area is 166 Å². The summed E-state index contributed by atoms with van der Waals surface area (Å²) in [4.78, 5) is 24.6. The smallest absolute Gasteiger partial charge is 0.255 e. The van der Waals surface area contributed by atoms with Crippen molar-refractivity contribution in [3.8, 4) is 11.1 Å². The summed E-state index contributed by atoms with van der Waals surface area (Å²) in [5.74, 6) is -0.466. The van der Waals surface area contributed by atoms with E-state index in [1.54, 1.807) is 41.7 Å². The fraction of sp³-hybridized carbons (Fsp3) is 0.143. The number of rotatable bonds is 5. The van der Waals surface area contributed by atoms with Crippen LogP contribution in [0.5, 0.6) is 0 Å². The maximum atomic E-state index is 12.6. The van der Waals surface area contributed by atoms with Crippen molar-refractivity contribution >= 4 is 40.2 Å². The molecule has 1 aliphatic rings. The molecule has 28 heavy (non-hydrogen) atoms. The molecule has 0 bridgehead atoms. The Morgan fingerprint density at radius 1 is 0.964 bits per heavy atom. The van der Waals surface area contributed by atoms with Gasteiger partial charge in [0.2, 0.25) is 5.91 Å². The molecule has 4 rings (SSSR count). The standard InChI is InChI=1S/C21H20N4O2S/c22-17-6-3-14(15-7-10-28-12-15)11-18(17)25-19(26)13-1-4-16(5-2-13)24-20(27)21(23)8-9-21/h1-7,10-12H,8-9,22-23H2,(H,24,27)(H,25,26). The molecule has 0 saturated heterocycles. The molecule has 0 atom stereocenters. The van der Waals surface area contributed by atoms with E-state index in [1.807, 2.05) is 29.0 Å². The second kappa shape index (κ2) is 7.10. The Balaban J connectivity index is 1.46. The number of anilines is 3. The Kier molecular flexibility index (Phi) is 4.62. The minimum absolute atomic E-state index is 0.192. The minimum atomic E-state index is -0.735. The molecule has 7 heteroatoms. The van der Waals surface area contributed by atoms with Gasteiger partial charge in [0.05, 0.1) is 16.9 Å². The highest BCUT2D eigenvalue weighted by Crippen LogP contribution is 2.33. The van der Waals surface area contributed by atoms with Gasteiger partial charge in [-0.1, -0.05) is 6.07 Å². The van der Waals surface area contributed by atoms with Crippen LogP contribution in [-0.4, -0.2) is 17.4 Å². The number of thiophene rings is 1. The number of benzene rings is 2. The van der Waals surface area contributed by atoms with Gasteiger partial charge in [0.25, 0.3) is 5.91 Å². The summed E-state index contributed by atoms with van der Waals surface area (Å²) in [6.45, 7) is 0. The molecule has 1 aromatic heterocycles. The number of carbonyl (C=O) groups excluding carboxylic acids is 2. The van der Waals surface area contributed by atoms with E-state index in [2.05, 4.69) is 10.6 Å². The third-order valence-electron chi connectivity index (χ3n) is 4.80. The molecule has 0 spiro atoms. The van der Waals surface area contributed by atoms with Crippen LogP contribution in [-0.2, 0) is 4.79 Å². The van der Waals surface area contributed by atoms with E-state index in [0.717, 1.165) is 11.1 Å². The Bertz CT molecular complexity index is 1030. The van der Waals surface area contributed by atoms with Crippen molar-refractivity contribution in [2.75, 3.05) is 16.4 Å². The summed E-state index contributed by atoms with van der Waals surface area (Å²) in [6, 6.07) is 14.3. The van der Waals surface area contributed by atoms with E-state index in [-0.39, 0.29) is 11.8 Å². The second-order valence-corrected chi connectivity index (χ2v) is 7.74. The second-order valence-electron chi connectivity index (χ2n) is 6.96. The predicted molar refractivity (Wildman–Crippen MR) is 113 cm³/mol. The van der Waals surface area contributed by atoms with Gasteiger partial charge in [0, 0.05) is 11.3 Å². The van der Waals surface area contributed by atoms with Crippen molar-refractivity contribution < 1.29 is 9.59 Å². The van der Waals surface area contributed by atoms with Gasteiger partial charge in [-0.25, -0.2) is 0 Å². The van der Waals surface area contributed by atoms with E-state index in [1.165, 1.54) is 0 Å². The van der Waals surface area contributed by atoms with Gasteiger partial charge in [-0.3, -0.25) is 9.59 Å². The molecule has 0 unspecified atom stereocenters. The maximum Gasteiger partial charge on any atom is 0.255 e. The van der Waals surface area contributed by atoms with Crippen LogP contribution >= 0.6 is 11.3 Å². The van der Waals surface area contributed by atoms with Crippen LogP contribution in [0.15, 0.2) is 59.3 Å². The Morgan fingerprint density at radius 2 is 1.71 bits per heavy atom. The number of hydrogen-bond donors (Lipinski definition) is 4. The molecule has 0 radical (unpaired) electrons. The summed E-state index contributed by atoms with van der Waals surface area (Å²) in [5.41, 5.74) is 15.4. The molecule has 6 N–H and O–H groups in total. The van der Waals surface area contributed by atoms with Gasteiger partial charge in [-0.15, -0.1) is 0 Å². The molecule has 142 valence electrons. The van der Waals surface area contributed by atoms with Gasteiger partial charge in [-0.05, 0) is 77.2 Å². The number of hydrogen-bond acceptors (Lipinski definition) is 5. The Hall–Kier alpha value is -3.16. The van der Waals surface area contributed by atoms with Crippen LogP contribution in [0.2, 0.25) is 0 Å². The highest BCUT2D eigenvalue weighted by molar-refractivity contribution is 7.08. The van der Waals surface area contributed by atoms with E-state index in [4.69, 9.17) is 11.5 Å². The minimum Gasteiger partial charge on any atom is -0.397 e. The van der Waals surface area contributed by atoms with Gasteiger partial charge >= 0.3 is 0 Å². The third kappa shape index (κ3) is 3.76. The summed E-state index contributed by atoms with van der Waals surface area (Å²) >= 11 is 1.61. The molecule has 1 fully saturated rings. The highest BCUT2D eigenvalue weighted by atomic mass is 32.1. The van der Waals surface area contributed by atoms with Crippen LogP contribution in [0, 0.1) is 0 Å². The molecule has 1 aliphatic carbocycles. The first-order chi connectivity index (χ1) is 13.4. The summed E-state index contributed by atoms with van der Waals surface area (Å²) < 4.78 is 0. The van der Waals surface area contributed by atoms with E-state index >= 15 is 0 Å². The van der Waals surface area contributed by atoms with Crippen LogP contribution < -0.4 is 22.1 Å². The van der Waals surface area contributed by atoms with Crippen molar-refractivity contribution in [2.45, 2.75) is 18.4 Å². The molecule has 3 aromatic rings. The Morgan fingerprint density at radius 3 is 2.36 bits per heavy atom. The van der Waals surface area contributed by atoms with Crippen molar-refractivity contribution in [1.82, 2.24) is 0 Å². The van der Waals surface area contributed by atoms with Gasteiger partial charge in [0.15, 0.2) is 0 Å². The number of nitrogen functional groups attached to an aromatic ring is 1. The predicted octanol–water partition coefficient (Wildman–Crippen LogP) is 3.68. The fourth-order valence-electron chi connectivity index (χ4n) is 2.79. The fourth-order valence-corrected chi connectivity index (χ4v) is 3.45. The summed E-state index contributed by atoms with van der Waals surface area (Å²) in [7, 11) is 0.